The Balaban J connectivity index is 2.81. The van der Waals surface area contributed by atoms with Gasteiger partial charge in [0.05, 0.1) is 6.26 Å². The van der Waals surface area contributed by atoms with Gasteiger partial charge in [0.15, 0.2) is 0 Å². The van der Waals surface area contributed by atoms with E-state index in [4.69, 9.17) is 9.68 Å². The summed E-state index contributed by atoms with van der Waals surface area (Å²) in [6.07, 6.45) is 2.90. The second-order valence-electron chi connectivity index (χ2n) is 3.31. The van der Waals surface area contributed by atoms with Crippen molar-refractivity contribution in [3.8, 4) is 6.07 Å². The van der Waals surface area contributed by atoms with Crippen LogP contribution in [-0.4, -0.2) is 11.9 Å². The van der Waals surface area contributed by atoms with Crippen LogP contribution in [0.2, 0.25) is 0 Å². The van der Waals surface area contributed by atoms with E-state index in [2.05, 4.69) is 5.32 Å². The lowest BCUT2D eigenvalue weighted by Gasteiger charge is -2.06. The molecule has 1 amide bonds. The first-order chi connectivity index (χ1) is 7.13. The topological polar surface area (TPSA) is 66.0 Å². The van der Waals surface area contributed by atoms with Crippen LogP contribution >= 0.6 is 0 Å². The molecular formula is C11H12N2O2. The number of carbonyl (C=O) groups is 1. The fourth-order valence-electron chi connectivity index (χ4n) is 1.00. The second-order valence-corrected chi connectivity index (χ2v) is 3.31. The first-order valence-corrected chi connectivity index (χ1v) is 4.59. The van der Waals surface area contributed by atoms with Gasteiger partial charge in [-0.1, -0.05) is 0 Å². The number of amides is 1. The SMILES string of the molecule is CC(C)NC(=O)/C(C#N)=C\c1ccco1. The van der Waals surface area contributed by atoms with Crippen LogP contribution in [0, 0.1) is 11.3 Å². The zero-order chi connectivity index (χ0) is 11.3. The summed E-state index contributed by atoms with van der Waals surface area (Å²) in [5.41, 5.74) is 0.0404. The monoisotopic (exact) mass is 204 g/mol. The second kappa shape index (κ2) is 5.01. The minimum absolute atomic E-state index is 0.00542. The summed E-state index contributed by atoms with van der Waals surface area (Å²) in [5.74, 6) is 0.106. The Hall–Kier alpha value is -2.02. The molecule has 0 spiro atoms. The van der Waals surface area contributed by atoms with Gasteiger partial charge in [-0.15, -0.1) is 0 Å². The minimum atomic E-state index is -0.385. The van der Waals surface area contributed by atoms with E-state index in [-0.39, 0.29) is 17.5 Å². The third-order valence-corrected chi connectivity index (χ3v) is 1.61. The largest absolute Gasteiger partial charge is 0.465 e. The number of hydrogen-bond donors (Lipinski definition) is 1. The van der Waals surface area contributed by atoms with E-state index in [1.165, 1.54) is 12.3 Å². The van der Waals surface area contributed by atoms with Crippen molar-refractivity contribution in [3.63, 3.8) is 0 Å². The van der Waals surface area contributed by atoms with Gasteiger partial charge in [-0.25, -0.2) is 0 Å². The third kappa shape index (κ3) is 3.31. The van der Waals surface area contributed by atoms with Crippen molar-refractivity contribution < 1.29 is 9.21 Å². The highest BCUT2D eigenvalue weighted by molar-refractivity contribution is 6.01. The highest BCUT2D eigenvalue weighted by atomic mass is 16.3. The van der Waals surface area contributed by atoms with Crippen LogP contribution in [0.15, 0.2) is 28.4 Å². The van der Waals surface area contributed by atoms with E-state index in [9.17, 15) is 4.79 Å². The van der Waals surface area contributed by atoms with E-state index in [0.717, 1.165) is 0 Å². The van der Waals surface area contributed by atoms with E-state index in [0.29, 0.717) is 5.76 Å². The maximum Gasteiger partial charge on any atom is 0.262 e. The Bertz CT molecular complexity index is 397. The Morgan fingerprint density at radius 1 is 1.67 bits per heavy atom. The Morgan fingerprint density at radius 3 is 2.87 bits per heavy atom. The van der Waals surface area contributed by atoms with Gasteiger partial charge in [0.25, 0.3) is 5.91 Å². The quantitative estimate of drug-likeness (QED) is 0.602. The fourth-order valence-corrected chi connectivity index (χ4v) is 1.00. The van der Waals surface area contributed by atoms with E-state index >= 15 is 0 Å². The van der Waals surface area contributed by atoms with Crippen molar-refractivity contribution in [3.05, 3.63) is 29.7 Å². The maximum atomic E-state index is 11.5. The molecule has 0 aromatic carbocycles. The predicted octanol–water partition coefficient (Wildman–Crippen LogP) is 1.71. The van der Waals surface area contributed by atoms with Crippen molar-refractivity contribution in [2.45, 2.75) is 19.9 Å². The lowest BCUT2D eigenvalue weighted by Crippen LogP contribution is -2.30. The van der Waals surface area contributed by atoms with Gasteiger partial charge in [-0.3, -0.25) is 4.79 Å². The summed E-state index contributed by atoms with van der Waals surface area (Å²) >= 11 is 0. The molecule has 15 heavy (non-hydrogen) atoms. The van der Waals surface area contributed by atoms with Crippen molar-refractivity contribution >= 4 is 12.0 Å². The number of nitriles is 1. The molecule has 4 nitrogen and oxygen atoms in total. The van der Waals surface area contributed by atoms with Gasteiger partial charge in [0.2, 0.25) is 0 Å². The zero-order valence-corrected chi connectivity index (χ0v) is 8.65. The molecule has 1 heterocycles. The molecule has 0 bridgehead atoms. The molecule has 0 saturated heterocycles. The number of rotatable bonds is 3. The lowest BCUT2D eigenvalue weighted by molar-refractivity contribution is -0.117. The molecule has 0 saturated carbocycles. The molecule has 0 aliphatic rings. The summed E-state index contributed by atoms with van der Waals surface area (Å²) in [6, 6.07) is 5.22. The van der Waals surface area contributed by atoms with Gasteiger partial charge in [-0.05, 0) is 26.0 Å². The molecule has 78 valence electrons. The molecular weight excluding hydrogens is 192 g/mol. The number of hydrogen-bond acceptors (Lipinski definition) is 3. The van der Waals surface area contributed by atoms with Crippen LogP contribution < -0.4 is 5.32 Å². The van der Waals surface area contributed by atoms with Gasteiger partial charge in [0, 0.05) is 12.1 Å². The summed E-state index contributed by atoms with van der Waals surface area (Å²) in [5, 5.41) is 11.4. The summed E-state index contributed by atoms with van der Waals surface area (Å²) in [7, 11) is 0. The molecule has 1 rings (SSSR count). The molecule has 0 fully saturated rings. The molecule has 1 N–H and O–H groups in total. The van der Waals surface area contributed by atoms with Crippen LogP contribution in [0.1, 0.15) is 19.6 Å². The highest BCUT2D eigenvalue weighted by Gasteiger charge is 2.10. The van der Waals surface area contributed by atoms with Gasteiger partial charge < -0.3 is 9.73 Å². The molecule has 1 aromatic rings. The minimum Gasteiger partial charge on any atom is -0.465 e. The predicted molar refractivity (Wildman–Crippen MR) is 55.6 cm³/mol. The van der Waals surface area contributed by atoms with Crippen molar-refractivity contribution in [2.75, 3.05) is 0 Å². The molecule has 0 radical (unpaired) electrons. The molecule has 1 aromatic heterocycles. The molecule has 0 unspecified atom stereocenters. The standard InChI is InChI=1S/C11H12N2O2/c1-8(2)13-11(14)9(7-12)6-10-4-3-5-15-10/h3-6,8H,1-2H3,(H,13,14)/b9-6-. The van der Waals surface area contributed by atoms with Gasteiger partial charge >= 0.3 is 0 Å². The zero-order valence-electron chi connectivity index (χ0n) is 8.65. The average Bonchev–Trinajstić information content (AvgIpc) is 2.65. The molecule has 0 atom stereocenters. The molecule has 0 aliphatic carbocycles. The van der Waals surface area contributed by atoms with Crippen molar-refractivity contribution in [2.24, 2.45) is 0 Å². The number of carbonyl (C=O) groups excluding carboxylic acids is 1. The van der Waals surface area contributed by atoms with Crippen molar-refractivity contribution in [1.29, 1.82) is 5.26 Å². The fraction of sp³-hybridized carbons (Fsp3) is 0.273. The Morgan fingerprint density at radius 2 is 2.40 bits per heavy atom. The van der Waals surface area contributed by atoms with Crippen LogP contribution in [-0.2, 0) is 4.79 Å². The van der Waals surface area contributed by atoms with Crippen molar-refractivity contribution in [1.82, 2.24) is 5.32 Å². The van der Waals surface area contributed by atoms with Crippen LogP contribution in [0.5, 0.6) is 0 Å². The van der Waals surface area contributed by atoms with E-state index in [1.54, 1.807) is 12.1 Å². The van der Waals surface area contributed by atoms with E-state index < -0.39 is 0 Å². The van der Waals surface area contributed by atoms with Crippen LogP contribution in [0.25, 0.3) is 6.08 Å². The Labute approximate surface area is 88.2 Å². The normalized spacial score (nSPS) is 11.2. The highest BCUT2D eigenvalue weighted by Crippen LogP contribution is 2.07. The lowest BCUT2D eigenvalue weighted by atomic mass is 10.2. The first kappa shape index (κ1) is 11.1. The third-order valence-electron chi connectivity index (χ3n) is 1.61. The van der Waals surface area contributed by atoms with Gasteiger partial charge in [-0.2, -0.15) is 5.26 Å². The Kier molecular flexibility index (Phi) is 3.69. The summed E-state index contributed by atoms with van der Waals surface area (Å²) in [6.45, 7) is 3.67. The van der Waals surface area contributed by atoms with Crippen LogP contribution in [0.3, 0.4) is 0 Å². The number of nitrogens with zero attached hydrogens (tertiary/aromatic N) is 1. The van der Waals surface area contributed by atoms with Gasteiger partial charge in [0.1, 0.15) is 17.4 Å². The van der Waals surface area contributed by atoms with E-state index in [1.807, 2.05) is 19.9 Å². The van der Waals surface area contributed by atoms with Crippen LogP contribution in [0.4, 0.5) is 0 Å². The molecule has 0 aliphatic heterocycles. The maximum absolute atomic E-state index is 11.5. The summed E-state index contributed by atoms with van der Waals surface area (Å²) < 4.78 is 5.01. The number of furan rings is 1. The molecule has 4 heteroatoms. The average molecular weight is 204 g/mol. The smallest absolute Gasteiger partial charge is 0.262 e. The first-order valence-electron chi connectivity index (χ1n) is 4.59. The summed E-state index contributed by atoms with van der Waals surface area (Å²) in [4.78, 5) is 11.5. The number of nitrogens with one attached hydrogen (secondary N) is 1.